The molecule has 1 aliphatic rings. The van der Waals surface area contributed by atoms with Crippen LogP contribution in [0.15, 0.2) is 23.2 Å². The van der Waals surface area contributed by atoms with Gasteiger partial charge in [-0.15, -0.1) is 24.0 Å². The summed E-state index contributed by atoms with van der Waals surface area (Å²) in [5, 5.41) is 3.45. The molecule has 0 atom stereocenters. The number of rotatable bonds is 7. The first kappa shape index (κ1) is 29.1. The molecule has 0 bridgehead atoms. The number of ether oxygens (including phenoxy) is 3. The molecule has 1 fully saturated rings. The quantitative estimate of drug-likeness (QED) is 0.295. The fraction of sp³-hybridized carbons (Fsp3) is 0.667. The van der Waals surface area contributed by atoms with Gasteiger partial charge < -0.3 is 29.3 Å². The van der Waals surface area contributed by atoms with Gasteiger partial charge in [0.15, 0.2) is 17.5 Å². The average molecular weight is 577 g/mol. The van der Waals surface area contributed by atoms with E-state index in [4.69, 9.17) is 14.2 Å². The summed E-state index contributed by atoms with van der Waals surface area (Å²) in [4.78, 5) is 21.0. The van der Waals surface area contributed by atoms with Crippen molar-refractivity contribution in [3.8, 4) is 11.5 Å². The molecule has 0 radical (unpaired) electrons. The molecule has 9 heteroatoms. The van der Waals surface area contributed by atoms with Crippen LogP contribution in [0, 0.1) is 5.92 Å². The highest BCUT2D eigenvalue weighted by atomic mass is 127. The van der Waals surface area contributed by atoms with Crippen LogP contribution in [0.2, 0.25) is 0 Å². The van der Waals surface area contributed by atoms with Gasteiger partial charge in [-0.1, -0.05) is 6.07 Å². The van der Waals surface area contributed by atoms with Gasteiger partial charge in [-0.25, -0.2) is 4.79 Å². The van der Waals surface area contributed by atoms with E-state index in [0.29, 0.717) is 24.8 Å². The van der Waals surface area contributed by atoms with Crippen LogP contribution < -0.4 is 14.8 Å². The molecule has 1 aromatic carbocycles. The van der Waals surface area contributed by atoms with Gasteiger partial charge in [0.2, 0.25) is 0 Å². The molecule has 0 saturated carbocycles. The molecule has 0 spiro atoms. The fourth-order valence-electron chi connectivity index (χ4n) is 3.80. The lowest BCUT2D eigenvalue weighted by atomic mass is 9.96. The van der Waals surface area contributed by atoms with Gasteiger partial charge >= 0.3 is 6.09 Å². The third-order valence-electron chi connectivity index (χ3n) is 5.54. The monoisotopic (exact) mass is 576 g/mol. The number of piperidine rings is 1. The number of nitrogens with zero attached hydrogens (tertiary/aromatic N) is 3. The molecule has 1 N–H and O–H groups in total. The summed E-state index contributed by atoms with van der Waals surface area (Å²) < 4.78 is 16.2. The zero-order valence-corrected chi connectivity index (χ0v) is 23.5. The van der Waals surface area contributed by atoms with E-state index in [9.17, 15) is 4.79 Å². The first-order chi connectivity index (χ1) is 15.2. The van der Waals surface area contributed by atoms with Crippen molar-refractivity contribution < 1.29 is 19.0 Å². The van der Waals surface area contributed by atoms with Crippen molar-refractivity contribution in [2.75, 3.05) is 47.4 Å². The number of nitrogens with one attached hydrogen (secondary N) is 1. The van der Waals surface area contributed by atoms with Crippen molar-refractivity contribution in [1.82, 2.24) is 15.1 Å². The Labute approximate surface area is 216 Å². The minimum Gasteiger partial charge on any atom is -0.493 e. The molecule has 8 nitrogen and oxygen atoms in total. The smallest absolute Gasteiger partial charge is 0.410 e. The Bertz CT molecular complexity index is 774. The Hall–Kier alpha value is -1.91. The lowest BCUT2D eigenvalue weighted by Gasteiger charge is -2.36. The van der Waals surface area contributed by atoms with Crippen LogP contribution >= 0.6 is 24.0 Å². The number of aliphatic imine (C=N–C) groups is 1. The van der Waals surface area contributed by atoms with Gasteiger partial charge in [-0.2, -0.15) is 0 Å². The van der Waals surface area contributed by atoms with Crippen LogP contribution in [0.3, 0.4) is 0 Å². The van der Waals surface area contributed by atoms with Gasteiger partial charge in [-0.05, 0) is 64.2 Å². The zero-order valence-electron chi connectivity index (χ0n) is 21.1. The molecule has 1 aromatic rings. The van der Waals surface area contributed by atoms with Crippen LogP contribution in [-0.4, -0.2) is 74.9 Å². The van der Waals surface area contributed by atoms with Crippen molar-refractivity contribution >= 4 is 36.0 Å². The molecule has 33 heavy (non-hydrogen) atoms. The second-order valence-electron chi connectivity index (χ2n) is 9.04. The maximum absolute atomic E-state index is 12.4. The van der Waals surface area contributed by atoms with E-state index in [0.717, 1.165) is 49.7 Å². The van der Waals surface area contributed by atoms with Crippen molar-refractivity contribution in [2.45, 2.75) is 52.7 Å². The number of carbonyl (C=O) groups is 1. The molecule has 2 rings (SSSR count). The van der Waals surface area contributed by atoms with Crippen LogP contribution in [-0.2, 0) is 11.3 Å². The maximum atomic E-state index is 12.4. The minimum atomic E-state index is -0.472. The average Bonchev–Trinajstić information content (AvgIpc) is 2.77. The third kappa shape index (κ3) is 9.10. The SMILES string of the molecule is CCN(CC1CCN(C(=NC)NCc2ccc(OC)c(OC)c2)CC1)C(=O)OC(C)(C)C.I. The summed E-state index contributed by atoms with van der Waals surface area (Å²) >= 11 is 0. The summed E-state index contributed by atoms with van der Waals surface area (Å²) in [5.74, 6) is 2.78. The summed E-state index contributed by atoms with van der Waals surface area (Å²) in [6.45, 7) is 11.5. The largest absolute Gasteiger partial charge is 0.493 e. The molecule has 0 aromatic heterocycles. The highest BCUT2D eigenvalue weighted by Crippen LogP contribution is 2.27. The molecular formula is C24H41IN4O4. The topological polar surface area (TPSA) is 75.6 Å². The van der Waals surface area contributed by atoms with Gasteiger partial charge in [0.1, 0.15) is 5.60 Å². The summed E-state index contributed by atoms with van der Waals surface area (Å²) in [6.07, 6.45) is 1.79. The van der Waals surface area contributed by atoms with E-state index in [1.54, 1.807) is 14.2 Å². The maximum Gasteiger partial charge on any atom is 0.410 e. The molecule has 0 unspecified atom stereocenters. The van der Waals surface area contributed by atoms with Crippen LogP contribution in [0.5, 0.6) is 11.5 Å². The Morgan fingerprint density at radius 1 is 1.18 bits per heavy atom. The number of halogens is 1. The fourth-order valence-corrected chi connectivity index (χ4v) is 3.80. The predicted octanol–water partition coefficient (Wildman–Crippen LogP) is 4.37. The van der Waals surface area contributed by atoms with Gasteiger partial charge in [0.05, 0.1) is 14.2 Å². The number of methoxy groups -OCH3 is 2. The highest BCUT2D eigenvalue weighted by molar-refractivity contribution is 14.0. The van der Waals surface area contributed by atoms with E-state index in [-0.39, 0.29) is 30.1 Å². The molecule has 0 aliphatic carbocycles. The van der Waals surface area contributed by atoms with E-state index < -0.39 is 5.60 Å². The second-order valence-corrected chi connectivity index (χ2v) is 9.04. The lowest BCUT2D eigenvalue weighted by Crippen LogP contribution is -2.47. The zero-order chi connectivity index (χ0) is 23.7. The highest BCUT2D eigenvalue weighted by Gasteiger charge is 2.27. The van der Waals surface area contributed by atoms with Crippen LogP contribution in [0.25, 0.3) is 0 Å². The van der Waals surface area contributed by atoms with Gasteiger partial charge in [-0.3, -0.25) is 4.99 Å². The first-order valence-electron chi connectivity index (χ1n) is 11.3. The Kier molecular flexibility index (Phi) is 12.1. The number of hydrogen-bond acceptors (Lipinski definition) is 5. The number of carbonyl (C=O) groups excluding carboxylic acids is 1. The Balaban J connectivity index is 0.00000544. The van der Waals surface area contributed by atoms with Crippen LogP contribution in [0.4, 0.5) is 4.79 Å². The van der Waals surface area contributed by atoms with Gasteiger partial charge in [0.25, 0.3) is 0 Å². The number of hydrogen-bond donors (Lipinski definition) is 1. The molecule has 1 amide bonds. The van der Waals surface area contributed by atoms with Crippen molar-refractivity contribution in [2.24, 2.45) is 10.9 Å². The predicted molar refractivity (Wildman–Crippen MR) is 143 cm³/mol. The van der Waals surface area contributed by atoms with E-state index in [1.165, 1.54) is 0 Å². The number of likely N-dealkylation sites (tertiary alicyclic amines) is 1. The molecule has 188 valence electrons. The van der Waals surface area contributed by atoms with Crippen molar-refractivity contribution in [3.05, 3.63) is 23.8 Å². The molecule has 1 aliphatic heterocycles. The van der Waals surface area contributed by atoms with E-state index >= 15 is 0 Å². The molecule has 1 heterocycles. The number of amides is 1. The first-order valence-corrected chi connectivity index (χ1v) is 11.3. The third-order valence-corrected chi connectivity index (χ3v) is 5.54. The van der Waals surface area contributed by atoms with Crippen molar-refractivity contribution in [1.29, 1.82) is 0 Å². The normalized spacial score (nSPS) is 14.9. The van der Waals surface area contributed by atoms with Crippen molar-refractivity contribution in [3.63, 3.8) is 0 Å². The number of guanidine groups is 1. The molecular weight excluding hydrogens is 535 g/mol. The minimum absolute atomic E-state index is 0. The summed E-state index contributed by atoms with van der Waals surface area (Å²) in [5.41, 5.74) is 0.620. The van der Waals surface area contributed by atoms with Gasteiger partial charge in [0, 0.05) is 39.8 Å². The number of benzene rings is 1. The van der Waals surface area contributed by atoms with E-state index in [1.807, 2.05) is 57.8 Å². The Morgan fingerprint density at radius 3 is 2.33 bits per heavy atom. The van der Waals surface area contributed by atoms with Crippen LogP contribution in [0.1, 0.15) is 46.1 Å². The summed E-state index contributed by atoms with van der Waals surface area (Å²) in [7, 11) is 5.08. The van der Waals surface area contributed by atoms with E-state index in [2.05, 4.69) is 15.2 Å². The second kappa shape index (κ2) is 13.7. The summed E-state index contributed by atoms with van der Waals surface area (Å²) in [6, 6.07) is 5.90. The molecule has 1 saturated heterocycles. The lowest BCUT2D eigenvalue weighted by molar-refractivity contribution is 0.0214. The Morgan fingerprint density at radius 2 is 1.82 bits per heavy atom. The standard InChI is InChI=1S/C24H40N4O4.HI/c1-8-27(23(29)32-24(2,3)4)17-18-11-13-28(14-12-18)22(25-5)26-16-19-9-10-20(30-6)21(15-19)31-7;/h9-10,15,18H,8,11-14,16-17H2,1-7H3,(H,25,26);1H.